The number of piperidine rings is 1. The predicted octanol–water partition coefficient (Wildman–Crippen LogP) is 3.46. The summed E-state index contributed by atoms with van der Waals surface area (Å²) in [5.41, 5.74) is 2.35. The van der Waals surface area contributed by atoms with E-state index in [9.17, 15) is 4.79 Å². The number of hydrogen-bond donors (Lipinski definition) is 0. The molecule has 1 aliphatic heterocycles. The van der Waals surface area contributed by atoms with Crippen molar-refractivity contribution >= 4 is 23.1 Å². The fourth-order valence-corrected chi connectivity index (χ4v) is 2.57. The molecule has 17 heavy (non-hydrogen) atoms. The van der Waals surface area contributed by atoms with E-state index in [1.807, 2.05) is 0 Å². The quantitative estimate of drug-likeness (QED) is 0.820. The predicted molar refractivity (Wildman–Crippen MR) is 71.9 cm³/mol. The molecule has 1 heterocycles. The van der Waals surface area contributed by atoms with Crippen LogP contribution in [-0.2, 0) is 11.2 Å². The van der Waals surface area contributed by atoms with Gasteiger partial charge in [-0.05, 0) is 24.1 Å². The van der Waals surface area contributed by atoms with E-state index >= 15 is 0 Å². The maximum absolute atomic E-state index is 11.2. The van der Waals surface area contributed by atoms with Crippen molar-refractivity contribution in [3.63, 3.8) is 0 Å². The van der Waals surface area contributed by atoms with E-state index in [0.29, 0.717) is 18.6 Å². The summed E-state index contributed by atoms with van der Waals surface area (Å²) in [7, 11) is 0. The van der Waals surface area contributed by atoms with Gasteiger partial charge in [-0.3, -0.25) is 4.79 Å². The van der Waals surface area contributed by atoms with Gasteiger partial charge in [-0.15, -0.1) is 0 Å². The van der Waals surface area contributed by atoms with Gasteiger partial charge in [-0.25, -0.2) is 0 Å². The summed E-state index contributed by atoms with van der Waals surface area (Å²) in [5, 5.41) is 0.810. The van der Waals surface area contributed by atoms with Crippen molar-refractivity contribution in [2.24, 2.45) is 0 Å². The van der Waals surface area contributed by atoms with E-state index in [1.165, 1.54) is 5.56 Å². The Morgan fingerprint density at radius 1 is 1.29 bits per heavy atom. The van der Waals surface area contributed by atoms with Gasteiger partial charge in [0.2, 0.25) is 0 Å². The van der Waals surface area contributed by atoms with Gasteiger partial charge in [-0.1, -0.05) is 31.0 Å². The molecular weight excluding hydrogens is 234 g/mol. The Bertz CT molecular complexity index is 407. The number of anilines is 1. The number of aryl methyl sites for hydroxylation is 1. The van der Waals surface area contributed by atoms with Crippen molar-refractivity contribution < 1.29 is 4.79 Å². The molecule has 0 unspecified atom stereocenters. The van der Waals surface area contributed by atoms with E-state index < -0.39 is 0 Å². The van der Waals surface area contributed by atoms with E-state index in [1.54, 1.807) is 0 Å². The molecule has 0 aliphatic carbocycles. The molecule has 0 saturated carbocycles. The number of nitrogens with zero attached hydrogens (tertiary/aromatic N) is 1. The third-order valence-corrected chi connectivity index (χ3v) is 3.52. The van der Waals surface area contributed by atoms with Crippen LogP contribution >= 0.6 is 11.6 Å². The number of hydrogen-bond acceptors (Lipinski definition) is 2. The molecule has 3 heteroatoms. The van der Waals surface area contributed by atoms with Crippen molar-refractivity contribution in [1.82, 2.24) is 0 Å². The smallest absolute Gasteiger partial charge is 0.136 e. The molecule has 1 saturated heterocycles. The number of halogens is 1. The molecule has 0 aromatic heterocycles. The Hall–Kier alpha value is -1.02. The number of ketones is 1. The first-order chi connectivity index (χ1) is 8.20. The van der Waals surface area contributed by atoms with Crippen LogP contribution in [0.4, 0.5) is 5.69 Å². The molecule has 1 aromatic rings. The van der Waals surface area contributed by atoms with Crippen LogP contribution < -0.4 is 4.90 Å². The maximum Gasteiger partial charge on any atom is 0.136 e. The maximum atomic E-state index is 11.2. The van der Waals surface area contributed by atoms with E-state index in [2.05, 4.69) is 30.0 Å². The molecular formula is C14H18ClNO. The third kappa shape index (κ3) is 3.01. The summed E-state index contributed by atoms with van der Waals surface area (Å²) in [6.07, 6.45) is 3.49. The minimum Gasteiger partial charge on any atom is -0.369 e. The second kappa shape index (κ2) is 5.54. The highest BCUT2D eigenvalue weighted by atomic mass is 35.5. The second-order valence-corrected chi connectivity index (χ2v) is 4.97. The van der Waals surface area contributed by atoms with Crippen LogP contribution in [0, 0.1) is 0 Å². The summed E-state index contributed by atoms with van der Waals surface area (Å²) in [6, 6.07) is 6.28. The summed E-state index contributed by atoms with van der Waals surface area (Å²) in [6.45, 7) is 3.76. The van der Waals surface area contributed by atoms with Gasteiger partial charge in [0.15, 0.2) is 0 Å². The summed E-state index contributed by atoms with van der Waals surface area (Å²) < 4.78 is 0. The van der Waals surface area contributed by atoms with E-state index in [0.717, 1.165) is 36.6 Å². The monoisotopic (exact) mass is 251 g/mol. The number of Topliss-reactive ketones (excluding diaryl/α,β-unsaturated/α-hetero) is 1. The highest BCUT2D eigenvalue weighted by Gasteiger charge is 2.18. The van der Waals surface area contributed by atoms with Crippen LogP contribution in [0.3, 0.4) is 0 Å². The van der Waals surface area contributed by atoms with Crippen molar-refractivity contribution in [2.45, 2.75) is 32.6 Å². The number of rotatable bonds is 3. The lowest BCUT2D eigenvalue weighted by Crippen LogP contribution is -2.33. The standard InChI is InChI=1S/C14H18ClNO/c1-2-3-11-4-5-14(13(15)10-11)16-8-6-12(17)7-9-16/h4-5,10H,2-3,6-9H2,1H3. The molecule has 92 valence electrons. The lowest BCUT2D eigenvalue weighted by molar-refractivity contribution is -0.119. The molecule has 0 radical (unpaired) electrons. The summed E-state index contributed by atoms with van der Waals surface area (Å²) in [4.78, 5) is 13.4. The number of carbonyl (C=O) groups excluding carboxylic acids is 1. The SMILES string of the molecule is CCCc1ccc(N2CCC(=O)CC2)c(Cl)c1. The minimum atomic E-state index is 0.361. The molecule has 2 nitrogen and oxygen atoms in total. The van der Waals surface area contributed by atoms with Crippen LogP contribution in [0.2, 0.25) is 5.02 Å². The van der Waals surface area contributed by atoms with Crippen LogP contribution in [-0.4, -0.2) is 18.9 Å². The number of benzene rings is 1. The molecule has 1 aromatic carbocycles. The molecule has 2 rings (SSSR count). The van der Waals surface area contributed by atoms with Gasteiger partial charge in [0.1, 0.15) is 5.78 Å². The summed E-state index contributed by atoms with van der Waals surface area (Å²) >= 11 is 6.31. The molecule has 1 fully saturated rings. The van der Waals surface area contributed by atoms with Crippen molar-refractivity contribution in [3.8, 4) is 0 Å². The Morgan fingerprint density at radius 2 is 2.00 bits per heavy atom. The molecule has 0 N–H and O–H groups in total. The van der Waals surface area contributed by atoms with Gasteiger partial charge in [0, 0.05) is 25.9 Å². The zero-order chi connectivity index (χ0) is 12.3. The Labute approximate surface area is 108 Å². The largest absolute Gasteiger partial charge is 0.369 e. The molecule has 0 amide bonds. The topological polar surface area (TPSA) is 20.3 Å². The normalized spacial score (nSPS) is 16.4. The van der Waals surface area contributed by atoms with Crippen LogP contribution in [0.15, 0.2) is 18.2 Å². The fraction of sp³-hybridized carbons (Fsp3) is 0.500. The van der Waals surface area contributed by atoms with Gasteiger partial charge in [-0.2, -0.15) is 0 Å². The highest BCUT2D eigenvalue weighted by molar-refractivity contribution is 6.33. The van der Waals surface area contributed by atoms with Gasteiger partial charge in [0.05, 0.1) is 10.7 Å². The van der Waals surface area contributed by atoms with Gasteiger partial charge >= 0.3 is 0 Å². The molecule has 0 bridgehead atoms. The molecule has 1 aliphatic rings. The Morgan fingerprint density at radius 3 is 2.59 bits per heavy atom. The number of carbonyl (C=O) groups is 1. The van der Waals surface area contributed by atoms with Crippen molar-refractivity contribution in [3.05, 3.63) is 28.8 Å². The van der Waals surface area contributed by atoms with Crippen LogP contribution in [0.25, 0.3) is 0 Å². The van der Waals surface area contributed by atoms with Crippen LogP contribution in [0.1, 0.15) is 31.7 Å². The summed E-state index contributed by atoms with van der Waals surface area (Å²) in [5.74, 6) is 0.361. The first kappa shape index (κ1) is 12.4. The average molecular weight is 252 g/mol. The highest BCUT2D eigenvalue weighted by Crippen LogP contribution is 2.29. The van der Waals surface area contributed by atoms with Crippen molar-refractivity contribution in [1.29, 1.82) is 0 Å². The van der Waals surface area contributed by atoms with Gasteiger partial charge in [0.25, 0.3) is 0 Å². The Kier molecular flexibility index (Phi) is 4.06. The average Bonchev–Trinajstić information content (AvgIpc) is 2.31. The first-order valence-corrected chi connectivity index (χ1v) is 6.63. The molecule has 0 spiro atoms. The van der Waals surface area contributed by atoms with E-state index in [4.69, 9.17) is 11.6 Å². The Balaban J connectivity index is 2.13. The lowest BCUT2D eigenvalue weighted by atomic mass is 10.1. The first-order valence-electron chi connectivity index (χ1n) is 6.25. The van der Waals surface area contributed by atoms with E-state index in [-0.39, 0.29) is 0 Å². The molecule has 0 atom stereocenters. The second-order valence-electron chi connectivity index (χ2n) is 4.56. The minimum absolute atomic E-state index is 0.361. The van der Waals surface area contributed by atoms with Crippen molar-refractivity contribution in [2.75, 3.05) is 18.0 Å². The third-order valence-electron chi connectivity index (χ3n) is 3.21. The zero-order valence-electron chi connectivity index (χ0n) is 10.2. The van der Waals surface area contributed by atoms with Crippen LogP contribution in [0.5, 0.6) is 0 Å². The van der Waals surface area contributed by atoms with Gasteiger partial charge < -0.3 is 4.90 Å². The zero-order valence-corrected chi connectivity index (χ0v) is 11.0. The lowest BCUT2D eigenvalue weighted by Gasteiger charge is -2.29. The fourth-order valence-electron chi connectivity index (χ4n) is 2.25.